The highest BCUT2D eigenvalue weighted by atomic mass is 32.1. The van der Waals surface area contributed by atoms with Gasteiger partial charge in [0.1, 0.15) is 0 Å². The first-order valence-electron chi connectivity index (χ1n) is 6.49. The number of carbonyl (C=O) groups is 1. The predicted molar refractivity (Wildman–Crippen MR) is 82.1 cm³/mol. The van der Waals surface area contributed by atoms with E-state index in [0.29, 0.717) is 12.2 Å². The third-order valence-electron chi connectivity index (χ3n) is 2.93. The van der Waals surface area contributed by atoms with E-state index >= 15 is 0 Å². The molecule has 0 radical (unpaired) electrons. The van der Waals surface area contributed by atoms with Crippen LogP contribution >= 0.6 is 11.3 Å². The summed E-state index contributed by atoms with van der Waals surface area (Å²) in [6.07, 6.45) is 0.334. The minimum Gasteiger partial charge on any atom is -0.389 e. The first-order valence-corrected chi connectivity index (χ1v) is 7.43. The Morgan fingerprint density at radius 1 is 1.30 bits per heavy atom. The molecular weight excluding hydrogens is 272 g/mol. The predicted octanol–water partition coefficient (Wildman–Crippen LogP) is 3.17. The van der Waals surface area contributed by atoms with Gasteiger partial charge < -0.3 is 15.7 Å². The Kier molecular flexibility index (Phi) is 5.15. The maximum atomic E-state index is 11.7. The van der Waals surface area contributed by atoms with E-state index in [4.69, 9.17) is 0 Å². The molecule has 0 spiro atoms. The lowest BCUT2D eigenvalue weighted by atomic mass is 10.1. The Bertz CT molecular complexity index is 536. The summed E-state index contributed by atoms with van der Waals surface area (Å²) in [5, 5.41) is 19.1. The molecule has 0 bridgehead atoms. The molecule has 0 aliphatic rings. The summed E-state index contributed by atoms with van der Waals surface area (Å²) in [5.41, 5.74) is 2.77. The first kappa shape index (κ1) is 14.6. The number of thiophene rings is 1. The number of aliphatic hydroxyl groups excluding tert-OH is 1. The van der Waals surface area contributed by atoms with Gasteiger partial charge in [-0.3, -0.25) is 0 Å². The number of amides is 2. The first-order chi connectivity index (χ1) is 9.65. The van der Waals surface area contributed by atoms with Gasteiger partial charge in [-0.05, 0) is 53.4 Å². The van der Waals surface area contributed by atoms with Gasteiger partial charge in [0.2, 0.25) is 0 Å². The standard InChI is InChI=1S/C15H18N2O2S/c1-11(18)13-2-4-14(5-3-13)17-15(19)16-8-6-12-7-9-20-10-12/h2-5,7,9-11,18H,6,8H2,1H3,(H2,16,17,19). The summed E-state index contributed by atoms with van der Waals surface area (Å²) < 4.78 is 0. The van der Waals surface area contributed by atoms with Crippen molar-refractivity contribution in [3.05, 3.63) is 52.2 Å². The Labute approximate surface area is 122 Å². The van der Waals surface area contributed by atoms with Crippen LogP contribution in [0.4, 0.5) is 10.5 Å². The van der Waals surface area contributed by atoms with Crippen LogP contribution in [-0.4, -0.2) is 17.7 Å². The van der Waals surface area contributed by atoms with Gasteiger partial charge in [0.15, 0.2) is 0 Å². The smallest absolute Gasteiger partial charge is 0.319 e. The number of nitrogens with one attached hydrogen (secondary N) is 2. The Hall–Kier alpha value is -1.85. The molecule has 1 aromatic heterocycles. The van der Waals surface area contributed by atoms with E-state index in [1.54, 1.807) is 42.5 Å². The lowest BCUT2D eigenvalue weighted by Crippen LogP contribution is -2.30. The molecule has 2 aromatic rings. The molecule has 1 unspecified atom stereocenters. The molecule has 1 aromatic carbocycles. The summed E-state index contributed by atoms with van der Waals surface area (Å²) >= 11 is 1.66. The number of hydrogen-bond donors (Lipinski definition) is 3. The largest absolute Gasteiger partial charge is 0.389 e. The maximum Gasteiger partial charge on any atom is 0.319 e. The average Bonchev–Trinajstić information content (AvgIpc) is 2.92. The van der Waals surface area contributed by atoms with Crippen molar-refractivity contribution in [2.75, 3.05) is 11.9 Å². The van der Waals surface area contributed by atoms with Gasteiger partial charge in [-0.2, -0.15) is 11.3 Å². The minimum atomic E-state index is -0.497. The minimum absolute atomic E-state index is 0.218. The molecule has 0 aliphatic carbocycles. The fraction of sp³-hybridized carbons (Fsp3) is 0.267. The molecule has 1 atom stereocenters. The van der Waals surface area contributed by atoms with Gasteiger partial charge in [-0.25, -0.2) is 4.79 Å². The van der Waals surface area contributed by atoms with E-state index in [2.05, 4.69) is 22.1 Å². The van der Waals surface area contributed by atoms with Gasteiger partial charge in [-0.1, -0.05) is 12.1 Å². The number of hydrogen-bond acceptors (Lipinski definition) is 3. The van der Waals surface area contributed by atoms with Crippen molar-refractivity contribution in [1.29, 1.82) is 0 Å². The summed E-state index contributed by atoms with van der Waals surface area (Å²) in [4.78, 5) is 11.7. The van der Waals surface area contributed by atoms with Crippen molar-refractivity contribution in [3.8, 4) is 0 Å². The monoisotopic (exact) mass is 290 g/mol. The zero-order valence-electron chi connectivity index (χ0n) is 11.3. The summed E-state index contributed by atoms with van der Waals surface area (Å²) in [6, 6.07) is 8.99. The van der Waals surface area contributed by atoms with Gasteiger partial charge >= 0.3 is 6.03 Å². The highest BCUT2D eigenvalue weighted by Crippen LogP contribution is 2.15. The molecule has 20 heavy (non-hydrogen) atoms. The van der Waals surface area contributed by atoms with E-state index in [1.807, 2.05) is 5.38 Å². The van der Waals surface area contributed by atoms with Gasteiger partial charge in [-0.15, -0.1) is 0 Å². The highest BCUT2D eigenvalue weighted by molar-refractivity contribution is 7.07. The Balaban J connectivity index is 1.76. The summed E-state index contributed by atoms with van der Waals surface area (Å²) in [6.45, 7) is 2.31. The molecule has 2 amide bonds. The van der Waals surface area contributed by atoms with Crippen molar-refractivity contribution in [1.82, 2.24) is 5.32 Å². The van der Waals surface area contributed by atoms with Crippen LogP contribution in [0.5, 0.6) is 0 Å². The van der Waals surface area contributed by atoms with Gasteiger partial charge in [0, 0.05) is 12.2 Å². The van der Waals surface area contributed by atoms with Crippen LogP contribution < -0.4 is 10.6 Å². The zero-order valence-corrected chi connectivity index (χ0v) is 12.1. The quantitative estimate of drug-likeness (QED) is 0.792. The Morgan fingerprint density at radius 2 is 2.05 bits per heavy atom. The van der Waals surface area contributed by atoms with Gasteiger partial charge in [0.05, 0.1) is 6.10 Å². The average molecular weight is 290 g/mol. The van der Waals surface area contributed by atoms with Crippen molar-refractivity contribution in [2.45, 2.75) is 19.4 Å². The molecule has 0 saturated carbocycles. The number of urea groups is 1. The van der Waals surface area contributed by atoms with Crippen LogP contribution in [0, 0.1) is 0 Å². The van der Waals surface area contributed by atoms with Crippen LogP contribution in [0.25, 0.3) is 0 Å². The molecular formula is C15H18N2O2S. The van der Waals surface area contributed by atoms with E-state index in [9.17, 15) is 9.90 Å². The maximum absolute atomic E-state index is 11.7. The van der Waals surface area contributed by atoms with Crippen LogP contribution in [0.1, 0.15) is 24.2 Å². The molecule has 5 heteroatoms. The second-order valence-corrected chi connectivity index (χ2v) is 5.34. The van der Waals surface area contributed by atoms with Crippen molar-refractivity contribution >= 4 is 23.1 Å². The number of carbonyl (C=O) groups excluding carboxylic acids is 1. The van der Waals surface area contributed by atoms with E-state index < -0.39 is 6.10 Å². The van der Waals surface area contributed by atoms with E-state index in [1.165, 1.54) is 5.56 Å². The third kappa shape index (κ3) is 4.36. The second kappa shape index (κ2) is 7.07. The number of aliphatic hydroxyl groups is 1. The lowest BCUT2D eigenvalue weighted by Gasteiger charge is -2.09. The highest BCUT2D eigenvalue weighted by Gasteiger charge is 2.03. The van der Waals surface area contributed by atoms with Gasteiger partial charge in [0.25, 0.3) is 0 Å². The molecule has 3 N–H and O–H groups in total. The zero-order chi connectivity index (χ0) is 14.4. The molecule has 4 nitrogen and oxygen atoms in total. The molecule has 106 valence electrons. The fourth-order valence-corrected chi connectivity index (χ4v) is 2.48. The molecule has 1 heterocycles. The topological polar surface area (TPSA) is 61.4 Å². The lowest BCUT2D eigenvalue weighted by molar-refractivity contribution is 0.199. The number of rotatable bonds is 5. The molecule has 2 rings (SSSR count). The number of benzene rings is 1. The van der Waals surface area contributed by atoms with Crippen LogP contribution in [0.3, 0.4) is 0 Å². The Morgan fingerprint density at radius 3 is 2.65 bits per heavy atom. The normalized spacial score (nSPS) is 11.9. The van der Waals surface area contributed by atoms with Crippen molar-refractivity contribution in [3.63, 3.8) is 0 Å². The third-order valence-corrected chi connectivity index (χ3v) is 3.66. The van der Waals surface area contributed by atoms with Crippen LogP contribution in [0.2, 0.25) is 0 Å². The number of anilines is 1. The fourth-order valence-electron chi connectivity index (χ4n) is 1.78. The van der Waals surface area contributed by atoms with Crippen LogP contribution in [0.15, 0.2) is 41.1 Å². The second-order valence-electron chi connectivity index (χ2n) is 4.56. The van der Waals surface area contributed by atoms with E-state index in [0.717, 1.165) is 12.0 Å². The SMILES string of the molecule is CC(O)c1ccc(NC(=O)NCCc2ccsc2)cc1. The summed E-state index contributed by atoms with van der Waals surface area (Å²) in [7, 11) is 0. The molecule has 0 aliphatic heterocycles. The summed E-state index contributed by atoms with van der Waals surface area (Å²) in [5.74, 6) is 0. The van der Waals surface area contributed by atoms with Crippen molar-refractivity contribution < 1.29 is 9.90 Å². The van der Waals surface area contributed by atoms with Crippen molar-refractivity contribution in [2.24, 2.45) is 0 Å². The molecule has 0 fully saturated rings. The van der Waals surface area contributed by atoms with E-state index in [-0.39, 0.29) is 6.03 Å². The molecule has 0 saturated heterocycles. The van der Waals surface area contributed by atoms with Crippen LogP contribution in [-0.2, 0) is 6.42 Å².